The fourth-order valence-electron chi connectivity index (χ4n) is 2.70. The van der Waals surface area contributed by atoms with Crippen molar-refractivity contribution in [2.24, 2.45) is 0 Å². The quantitative estimate of drug-likeness (QED) is 0.481. The number of halogens is 3. The first-order chi connectivity index (χ1) is 13.6. The third kappa shape index (κ3) is 4.37. The SMILES string of the molecule is Cc1ccc(OC(=O)c2nn(-c3cccc(C(F)(F)F)c3)c(C)cc2=O)cc1C. The van der Waals surface area contributed by atoms with Gasteiger partial charge in [0.05, 0.1) is 11.3 Å². The molecule has 1 aromatic heterocycles. The molecule has 1 heterocycles. The molecule has 3 rings (SSSR count). The summed E-state index contributed by atoms with van der Waals surface area (Å²) in [6, 6.07) is 10.6. The van der Waals surface area contributed by atoms with Crippen molar-refractivity contribution in [1.82, 2.24) is 9.78 Å². The molecule has 0 unspecified atom stereocenters. The van der Waals surface area contributed by atoms with Gasteiger partial charge in [0, 0.05) is 11.8 Å². The third-order valence-corrected chi connectivity index (χ3v) is 4.41. The number of carbonyl (C=O) groups excluding carboxylic acids is 1. The lowest BCUT2D eigenvalue weighted by Gasteiger charge is -2.13. The minimum atomic E-state index is -4.53. The van der Waals surface area contributed by atoms with Crippen LogP contribution in [0.15, 0.2) is 53.3 Å². The van der Waals surface area contributed by atoms with Crippen molar-refractivity contribution in [3.8, 4) is 11.4 Å². The minimum absolute atomic E-state index is 0.0672. The molecular weight excluding hydrogens is 385 g/mol. The van der Waals surface area contributed by atoms with Gasteiger partial charge in [-0.2, -0.15) is 18.3 Å². The number of ether oxygens (including phenoxy) is 1. The Hall–Kier alpha value is -3.42. The van der Waals surface area contributed by atoms with Crippen LogP contribution in [0.25, 0.3) is 5.69 Å². The van der Waals surface area contributed by atoms with Gasteiger partial charge in [-0.15, -0.1) is 0 Å². The van der Waals surface area contributed by atoms with Gasteiger partial charge >= 0.3 is 12.1 Å². The van der Waals surface area contributed by atoms with Crippen molar-refractivity contribution in [3.63, 3.8) is 0 Å². The second kappa shape index (κ2) is 7.54. The van der Waals surface area contributed by atoms with E-state index < -0.39 is 28.8 Å². The van der Waals surface area contributed by atoms with Crippen molar-refractivity contribution < 1.29 is 22.7 Å². The third-order valence-electron chi connectivity index (χ3n) is 4.41. The fraction of sp³-hybridized carbons (Fsp3) is 0.190. The Kier molecular flexibility index (Phi) is 5.28. The molecule has 0 aliphatic heterocycles. The van der Waals surface area contributed by atoms with Crippen molar-refractivity contribution >= 4 is 5.97 Å². The van der Waals surface area contributed by atoms with Crippen LogP contribution in [0, 0.1) is 20.8 Å². The van der Waals surface area contributed by atoms with Crippen molar-refractivity contribution in [1.29, 1.82) is 0 Å². The van der Waals surface area contributed by atoms with Gasteiger partial charge < -0.3 is 4.74 Å². The molecule has 0 radical (unpaired) electrons. The molecule has 0 saturated carbocycles. The average molecular weight is 402 g/mol. The van der Waals surface area contributed by atoms with Gasteiger partial charge in [-0.25, -0.2) is 9.48 Å². The highest BCUT2D eigenvalue weighted by molar-refractivity contribution is 5.88. The molecule has 0 aliphatic carbocycles. The summed E-state index contributed by atoms with van der Waals surface area (Å²) in [5.74, 6) is -0.746. The normalized spacial score (nSPS) is 11.4. The predicted octanol–water partition coefficient (Wildman–Crippen LogP) is 4.40. The van der Waals surface area contributed by atoms with E-state index in [9.17, 15) is 22.8 Å². The first-order valence-electron chi connectivity index (χ1n) is 8.64. The van der Waals surface area contributed by atoms with E-state index in [0.717, 1.165) is 34.0 Å². The minimum Gasteiger partial charge on any atom is -0.422 e. The summed E-state index contributed by atoms with van der Waals surface area (Å²) in [4.78, 5) is 24.7. The van der Waals surface area contributed by atoms with Gasteiger partial charge in [-0.3, -0.25) is 4.79 Å². The summed E-state index contributed by atoms with van der Waals surface area (Å²) in [7, 11) is 0. The first kappa shape index (κ1) is 20.3. The van der Waals surface area contributed by atoms with Gasteiger partial charge in [0.2, 0.25) is 11.1 Å². The molecule has 0 aliphatic rings. The smallest absolute Gasteiger partial charge is 0.416 e. The summed E-state index contributed by atoms with van der Waals surface area (Å²) >= 11 is 0. The standard InChI is InChI=1S/C21H17F3N2O3/c1-12-7-8-17(9-13(12)2)29-20(28)19-18(27)10-14(3)26(25-19)16-6-4-5-15(11-16)21(22,23)24/h4-11H,1-3H3. The average Bonchev–Trinajstić information content (AvgIpc) is 2.64. The van der Waals surface area contributed by atoms with Crippen LogP contribution in [0.4, 0.5) is 13.2 Å². The second-order valence-corrected chi connectivity index (χ2v) is 6.59. The Bertz CT molecular complexity index is 1150. The molecule has 0 atom stereocenters. The molecule has 0 fully saturated rings. The van der Waals surface area contributed by atoms with Gasteiger partial charge in [0.1, 0.15) is 5.75 Å². The number of benzene rings is 2. The van der Waals surface area contributed by atoms with Gasteiger partial charge in [0.25, 0.3) is 0 Å². The van der Waals surface area contributed by atoms with E-state index >= 15 is 0 Å². The second-order valence-electron chi connectivity index (χ2n) is 6.59. The maximum Gasteiger partial charge on any atom is 0.416 e. The van der Waals surface area contributed by atoms with Crippen LogP contribution in [0.5, 0.6) is 5.75 Å². The number of aromatic nitrogens is 2. The van der Waals surface area contributed by atoms with Gasteiger partial charge in [-0.05, 0) is 62.2 Å². The lowest BCUT2D eigenvalue weighted by Crippen LogP contribution is -2.25. The van der Waals surface area contributed by atoms with E-state index in [1.807, 2.05) is 13.8 Å². The Morgan fingerprint density at radius 2 is 1.72 bits per heavy atom. The molecule has 29 heavy (non-hydrogen) atoms. The largest absolute Gasteiger partial charge is 0.422 e. The lowest BCUT2D eigenvalue weighted by molar-refractivity contribution is -0.137. The number of hydrogen-bond acceptors (Lipinski definition) is 4. The van der Waals surface area contributed by atoms with Crippen LogP contribution in [-0.4, -0.2) is 15.7 Å². The van der Waals surface area contributed by atoms with E-state index in [-0.39, 0.29) is 17.1 Å². The number of esters is 1. The monoisotopic (exact) mass is 402 g/mol. The summed E-state index contributed by atoms with van der Waals surface area (Å²) in [6.45, 7) is 5.25. The van der Waals surface area contributed by atoms with Crippen LogP contribution in [0.1, 0.15) is 32.9 Å². The molecule has 5 nitrogen and oxygen atoms in total. The molecular formula is C21H17F3N2O3. The van der Waals surface area contributed by atoms with Crippen LogP contribution in [0.3, 0.4) is 0 Å². The highest BCUT2D eigenvalue weighted by Crippen LogP contribution is 2.30. The van der Waals surface area contributed by atoms with E-state index in [1.165, 1.54) is 19.1 Å². The Balaban J connectivity index is 2.00. The summed E-state index contributed by atoms with van der Waals surface area (Å²) in [5.41, 5.74) is 0.174. The van der Waals surface area contributed by atoms with Crippen molar-refractivity contribution in [2.45, 2.75) is 26.9 Å². The molecule has 3 aromatic rings. The molecule has 150 valence electrons. The summed E-state index contributed by atoms with van der Waals surface area (Å²) in [6.07, 6.45) is -4.53. The van der Waals surface area contributed by atoms with Crippen LogP contribution in [-0.2, 0) is 6.18 Å². The van der Waals surface area contributed by atoms with Crippen molar-refractivity contribution in [3.05, 3.63) is 86.8 Å². The van der Waals surface area contributed by atoms with E-state index in [1.54, 1.807) is 18.2 Å². The van der Waals surface area contributed by atoms with E-state index in [2.05, 4.69) is 5.10 Å². The topological polar surface area (TPSA) is 61.2 Å². The molecule has 0 bridgehead atoms. The maximum atomic E-state index is 13.0. The van der Waals surface area contributed by atoms with Crippen LogP contribution in [0.2, 0.25) is 0 Å². The number of carbonyl (C=O) groups is 1. The summed E-state index contributed by atoms with van der Waals surface area (Å²) in [5, 5.41) is 3.96. The summed E-state index contributed by atoms with van der Waals surface area (Å²) < 4.78 is 45.4. The zero-order valence-corrected chi connectivity index (χ0v) is 15.9. The number of nitrogens with zero attached hydrogens (tertiary/aromatic N) is 2. The molecule has 0 amide bonds. The molecule has 0 spiro atoms. The number of rotatable bonds is 3. The molecule has 0 N–H and O–H groups in total. The first-order valence-corrected chi connectivity index (χ1v) is 8.64. The van der Waals surface area contributed by atoms with Gasteiger partial charge in [0.15, 0.2) is 0 Å². The molecule has 8 heteroatoms. The lowest BCUT2D eigenvalue weighted by atomic mass is 10.1. The highest BCUT2D eigenvalue weighted by Gasteiger charge is 2.30. The van der Waals surface area contributed by atoms with Crippen molar-refractivity contribution in [2.75, 3.05) is 0 Å². The predicted molar refractivity (Wildman–Crippen MR) is 100 cm³/mol. The number of aryl methyl sites for hydroxylation is 3. The maximum absolute atomic E-state index is 13.0. The van der Waals surface area contributed by atoms with E-state index in [4.69, 9.17) is 4.74 Å². The molecule has 0 saturated heterocycles. The Morgan fingerprint density at radius 1 is 1.00 bits per heavy atom. The van der Waals surface area contributed by atoms with Crippen LogP contribution < -0.4 is 10.2 Å². The van der Waals surface area contributed by atoms with Gasteiger partial charge in [-0.1, -0.05) is 12.1 Å². The number of alkyl halides is 3. The Morgan fingerprint density at radius 3 is 2.38 bits per heavy atom. The zero-order valence-electron chi connectivity index (χ0n) is 15.9. The fourth-order valence-corrected chi connectivity index (χ4v) is 2.70. The Labute approximate surface area is 164 Å². The van der Waals surface area contributed by atoms with E-state index in [0.29, 0.717) is 0 Å². The highest BCUT2D eigenvalue weighted by atomic mass is 19.4. The van der Waals surface area contributed by atoms with Crippen LogP contribution >= 0.6 is 0 Å². The number of hydrogen-bond donors (Lipinski definition) is 0. The zero-order chi connectivity index (χ0) is 21.3. The molecule has 2 aromatic carbocycles.